The Labute approximate surface area is 82.9 Å². The van der Waals surface area contributed by atoms with Crippen molar-refractivity contribution >= 4 is 11.9 Å². The molecule has 1 unspecified atom stereocenters. The van der Waals surface area contributed by atoms with E-state index in [9.17, 15) is 9.59 Å². The summed E-state index contributed by atoms with van der Waals surface area (Å²) in [5.74, 6) is -1.17. The number of piperidine rings is 1. The van der Waals surface area contributed by atoms with Crippen molar-refractivity contribution in [2.24, 2.45) is 11.7 Å². The van der Waals surface area contributed by atoms with E-state index in [0.717, 1.165) is 19.4 Å². The van der Waals surface area contributed by atoms with Crippen molar-refractivity contribution in [1.29, 1.82) is 0 Å². The second-order valence-corrected chi connectivity index (χ2v) is 3.69. The number of amides is 1. The summed E-state index contributed by atoms with van der Waals surface area (Å²) in [5, 5.41) is 8.50. The predicted molar refractivity (Wildman–Crippen MR) is 50.6 cm³/mol. The van der Waals surface area contributed by atoms with E-state index in [-0.39, 0.29) is 18.2 Å². The maximum absolute atomic E-state index is 10.9. The number of rotatable bonds is 4. The van der Waals surface area contributed by atoms with E-state index in [4.69, 9.17) is 10.8 Å². The molecule has 1 saturated heterocycles. The lowest BCUT2D eigenvalue weighted by Crippen LogP contribution is -2.41. The normalized spacial score (nSPS) is 23.3. The van der Waals surface area contributed by atoms with Gasteiger partial charge >= 0.3 is 5.97 Å². The summed E-state index contributed by atoms with van der Waals surface area (Å²) in [6.07, 6.45) is 1.89. The van der Waals surface area contributed by atoms with Crippen LogP contribution in [0.1, 0.15) is 19.3 Å². The van der Waals surface area contributed by atoms with E-state index in [2.05, 4.69) is 0 Å². The zero-order chi connectivity index (χ0) is 10.6. The fourth-order valence-corrected chi connectivity index (χ4v) is 1.74. The van der Waals surface area contributed by atoms with Gasteiger partial charge in [0, 0.05) is 13.1 Å². The van der Waals surface area contributed by atoms with E-state index in [1.54, 1.807) is 0 Å². The van der Waals surface area contributed by atoms with E-state index in [1.807, 2.05) is 4.90 Å². The fraction of sp³-hybridized carbons (Fsp3) is 0.778. The van der Waals surface area contributed by atoms with Gasteiger partial charge < -0.3 is 15.7 Å². The van der Waals surface area contributed by atoms with Crippen molar-refractivity contribution < 1.29 is 14.7 Å². The second-order valence-electron chi connectivity index (χ2n) is 3.69. The molecule has 1 atom stereocenters. The van der Waals surface area contributed by atoms with Crippen LogP contribution in [0.4, 0.5) is 0 Å². The number of carbonyl (C=O) groups excluding carboxylic acids is 1. The fourth-order valence-electron chi connectivity index (χ4n) is 1.74. The van der Waals surface area contributed by atoms with Gasteiger partial charge in [0.05, 0.1) is 12.3 Å². The second kappa shape index (κ2) is 4.95. The molecule has 5 nitrogen and oxygen atoms in total. The van der Waals surface area contributed by atoms with Gasteiger partial charge in [0.1, 0.15) is 0 Å². The minimum absolute atomic E-state index is 0.0995. The molecule has 1 aliphatic heterocycles. The molecule has 0 spiro atoms. The maximum Gasteiger partial charge on any atom is 0.304 e. The van der Waals surface area contributed by atoms with Crippen LogP contribution in [-0.4, -0.2) is 41.5 Å². The average molecular weight is 200 g/mol. The summed E-state index contributed by atoms with van der Waals surface area (Å²) in [6, 6.07) is 0. The molecule has 0 aromatic carbocycles. The third kappa shape index (κ3) is 3.33. The van der Waals surface area contributed by atoms with Crippen molar-refractivity contribution in [3.63, 3.8) is 0 Å². The monoisotopic (exact) mass is 200 g/mol. The minimum atomic E-state index is -0.800. The molecule has 1 rings (SSSR count). The molecular formula is C9H16N2O3. The lowest BCUT2D eigenvalue weighted by molar-refractivity contribution is -0.137. The number of carboxylic acids is 1. The van der Waals surface area contributed by atoms with Crippen molar-refractivity contribution in [3.8, 4) is 0 Å². The third-order valence-electron chi connectivity index (χ3n) is 2.55. The maximum atomic E-state index is 10.9. The van der Waals surface area contributed by atoms with Crippen LogP contribution in [0.5, 0.6) is 0 Å². The Balaban J connectivity index is 2.32. The van der Waals surface area contributed by atoms with E-state index >= 15 is 0 Å². The molecule has 80 valence electrons. The first-order valence-electron chi connectivity index (χ1n) is 4.83. The number of primary amides is 1. The van der Waals surface area contributed by atoms with Crippen LogP contribution in [0.2, 0.25) is 0 Å². The minimum Gasteiger partial charge on any atom is -0.481 e. The quantitative estimate of drug-likeness (QED) is 0.650. The molecule has 1 amide bonds. The molecule has 0 radical (unpaired) electrons. The highest BCUT2D eigenvalue weighted by atomic mass is 16.4. The van der Waals surface area contributed by atoms with Gasteiger partial charge in [0.15, 0.2) is 0 Å². The summed E-state index contributed by atoms with van der Waals surface area (Å²) in [6.45, 7) is 2.00. The highest BCUT2D eigenvalue weighted by Crippen LogP contribution is 2.15. The molecule has 0 aliphatic carbocycles. The number of hydrogen-bond acceptors (Lipinski definition) is 3. The van der Waals surface area contributed by atoms with E-state index in [1.165, 1.54) is 0 Å². The Bertz CT molecular complexity index is 230. The van der Waals surface area contributed by atoms with Crippen LogP contribution in [0.25, 0.3) is 0 Å². The largest absolute Gasteiger partial charge is 0.481 e. The summed E-state index contributed by atoms with van der Waals surface area (Å²) in [4.78, 5) is 23.2. The summed E-state index contributed by atoms with van der Waals surface area (Å²) in [5.41, 5.74) is 5.20. The van der Waals surface area contributed by atoms with Gasteiger partial charge in [-0.1, -0.05) is 0 Å². The molecule has 0 bridgehead atoms. The molecule has 0 saturated carbocycles. The standard InChI is InChI=1S/C9H16N2O3/c10-9(14)7-2-1-4-11(6-7)5-3-8(12)13/h7H,1-6H2,(H2,10,14)(H,12,13). The number of nitrogens with zero attached hydrogens (tertiary/aromatic N) is 1. The van der Waals surface area contributed by atoms with Crippen LogP contribution in [0.3, 0.4) is 0 Å². The average Bonchev–Trinajstić information content (AvgIpc) is 2.15. The van der Waals surface area contributed by atoms with Gasteiger partial charge in [-0.3, -0.25) is 9.59 Å². The first-order valence-corrected chi connectivity index (χ1v) is 4.83. The molecule has 1 fully saturated rings. The van der Waals surface area contributed by atoms with Crippen LogP contribution >= 0.6 is 0 Å². The van der Waals surface area contributed by atoms with Crippen LogP contribution in [0.15, 0.2) is 0 Å². The zero-order valence-electron chi connectivity index (χ0n) is 8.11. The number of nitrogens with two attached hydrogens (primary N) is 1. The lowest BCUT2D eigenvalue weighted by atomic mass is 9.97. The summed E-state index contributed by atoms with van der Waals surface area (Å²) < 4.78 is 0. The summed E-state index contributed by atoms with van der Waals surface area (Å²) in [7, 11) is 0. The molecular weight excluding hydrogens is 184 g/mol. The van der Waals surface area contributed by atoms with E-state index < -0.39 is 5.97 Å². The van der Waals surface area contributed by atoms with Crippen LogP contribution in [0, 0.1) is 5.92 Å². The molecule has 5 heteroatoms. The van der Waals surface area contributed by atoms with Crippen molar-refractivity contribution in [2.75, 3.05) is 19.6 Å². The number of likely N-dealkylation sites (tertiary alicyclic amines) is 1. The molecule has 0 aromatic heterocycles. The first kappa shape index (κ1) is 11.0. The first-order chi connectivity index (χ1) is 6.59. The van der Waals surface area contributed by atoms with Crippen LogP contribution < -0.4 is 5.73 Å². The smallest absolute Gasteiger partial charge is 0.304 e. The van der Waals surface area contributed by atoms with Gasteiger partial charge in [-0.2, -0.15) is 0 Å². The number of carbonyl (C=O) groups is 2. The highest BCUT2D eigenvalue weighted by molar-refractivity contribution is 5.77. The van der Waals surface area contributed by atoms with Gasteiger partial charge in [0.2, 0.25) is 5.91 Å². The van der Waals surface area contributed by atoms with Crippen molar-refractivity contribution in [3.05, 3.63) is 0 Å². The Morgan fingerprint density at radius 1 is 1.50 bits per heavy atom. The van der Waals surface area contributed by atoms with Gasteiger partial charge in [-0.15, -0.1) is 0 Å². The topological polar surface area (TPSA) is 83.6 Å². The van der Waals surface area contributed by atoms with Crippen molar-refractivity contribution in [1.82, 2.24) is 4.90 Å². The molecule has 3 N–H and O–H groups in total. The SMILES string of the molecule is NC(=O)C1CCCN(CCC(=O)O)C1. The van der Waals surface area contributed by atoms with Crippen LogP contribution in [-0.2, 0) is 9.59 Å². The highest BCUT2D eigenvalue weighted by Gasteiger charge is 2.23. The number of hydrogen-bond donors (Lipinski definition) is 2. The third-order valence-corrected chi connectivity index (χ3v) is 2.55. The Morgan fingerprint density at radius 3 is 2.79 bits per heavy atom. The molecule has 14 heavy (non-hydrogen) atoms. The van der Waals surface area contributed by atoms with Gasteiger partial charge in [0.25, 0.3) is 0 Å². The van der Waals surface area contributed by atoms with Crippen molar-refractivity contribution in [2.45, 2.75) is 19.3 Å². The van der Waals surface area contributed by atoms with Gasteiger partial charge in [-0.05, 0) is 19.4 Å². The van der Waals surface area contributed by atoms with E-state index in [0.29, 0.717) is 13.1 Å². The summed E-state index contributed by atoms with van der Waals surface area (Å²) >= 11 is 0. The Morgan fingerprint density at radius 2 is 2.21 bits per heavy atom. The zero-order valence-corrected chi connectivity index (χ0v) is 8.11. The Kier molecular flexibility index (Phi) is 3.88. The molecule has 0 aromatic rings. The van der Waals surface area contributed by atoms with Gasteiger partial charge in [-0.25, -0.2) is 0 Å². The number of aliphatic carboxylic acids is 1. The molecule has 1 aliphatic rings. The Hall–Kier alpha value is -1.10. The number of carboxylic acid groups (broad SMARTS) is 1. The molecule has 1 heterocycles. The lowest BCUT2D eigenvalue weighted by Gasteiger charge is -2.30. The predicted octanol–water partition coefficient (Wildman–Crippen LogP) is -0.342.